The Balaban J connectivity index is 1.70. The Morgan fingerprint density at radius 2 is 1.83 bits per heavy atom. The molecule has 0 bridgehead atoms. The van der Waals surface area contributed by atoms with Crippen LogP contribution in [0.4, 0.5) is 0 Å². The van der Waals surface area contributed by atoms with E-state index in [2.05, 4.69) is 15.3 Å². The third-order valence-electron chi connectivity index (χ3n) is 4.67. The molecule has 3 aromatic rings. The summed E-state index contributed by atoms with van der Waals surface area (Å²) >= 11 is 18.7. The summed E-state index contributed by atoms with van der Waals surface area (Å²) in [6, 6.07) is 6.01. The average Bonchev–Trinajstić information content (AvgIpc) is 2.65. The number of ether oxygens (including phenoxy) is 1. The van der Waals surface area contributed by atoms with E-state index in [1.165, 1.54) is 12.1 Å². The summed E-state index contributed by atoms with van der Waals surface area (Å²) < 4.78 is 6.53. The van der Waals surface area contributed by atoms with E-state index < -0.39 is 16.9 Å². The molecule has 4 rings (SSSR count). The van der Waals surface area contributed by atoms with E-state index in [1.807, 2.05) is 4.98 Å². The standard InChI is InChI=1S/C18H11Cl3N6O3/c19-11-4-9(27-18(29)23-17(28)13(7-22)26-27)5-12(20)15(11)30-14-6-10(8-2-1-3-8)16(21)25-24-14/h4-6,8H,1-3H2,(H,23,28,29). The number of rotatable bonds is 4. The van der Waals surface area contributed by atoms with Gasteiger partial charge in [-0.1, -0.05) is 41.2 Å². The van der Waals surface area contributed by atoms with Gasteiger partial charge in [0.1, 0.15) is 6.07 Å². The van der Waals surface area contributed by atoms with E-state index in [0.29, 0.717) is 11.1 Å². The summed E-state index contributed by atoms with van der Waals surface area (Å²) in [6.07, 6.45) is 3.17. The summed E-state index contributed by atoms with van der Waals surface area (Å²) in [5, 5.41) is 21.0. The summed E-state index contributed by atoms with van der Waals surface area (Å²) in [7, 11) is 0. The molecule has 0 atom stereocenters. The van der Waals surface area contributed by atoms with Crippen molar-refractivity contribution in [2.75, 3.05) is 0 Å². The Morgan fingerprint density at radius 3 is 2.43 bits per heavy atom. The van der Waals surface area contributed by atoms with Crippen LogP contribution >= 0.6 is 34.8 Å². The first-order valence-electron chi connectivity index (χ1n) is 8.71. The van der Waals surface area contributed by atoms with E-state index in [-0.39, 0.29) is 27.4 Å². The van der Waals surface area contributed by atoms with Crippen molar-refractivity contribution >= 4 is 34.8 Å². The number of nitrogens with one attached hydrogen (secondary N) is 1. The zero-order valence-corrected chi connectivity index (χ0v) is 17.3. The summed E-state index contributed by atoms with van der Waals surface area (Å²) in [4.78, 5) is 25.6. The second kappa shape index (κ2) is 8.07. The molecule has 12 heteroatoms. The molecule has 0 saturated heterocycles. The summed E-state index contributed by atoms with van der Waals surface area (Å²) in [6.45, 7) is 0. The van der Waals surface area contributed by atoms with Crippen LogP contribution in [0, 0.1) is 11.3 Å². The third-order valence-corrected chi connectivity index (χ3v) is 5.52. The van der Waals surface area contributed by atoms with Crippen molar-refractivity contribution in [2.45, 2.75) is 25.2 Å². The largest absolute Gasteiger partial charge is 0.434 e. The van der Waals surface area contributed by atoms with Gasteiger partial charge in [0, 0.05) is 6.07 Å². The van der Waals surface area contributed by atoms with Crippen LogP contribution in [0.3, 0.4) is 0 Å². The molecule has 1 aliphatic carbocycles. The first-order valence-corrected chi connectivity index (χ1v) is 9.85. The van der Waals surface area contributed by atoms with Crippen LogP contribution in [0.1, 0.15) is 36.4 Å². The SMILES string of the molecule is N#Cc1nn(-c2cc(Cl)c(Oc3cc(C4CCC4)c(Cl)nn3)c(Cl)c2)c(=O)[nH]c1=O. The van der Waals surface area contributed by atoms with Gasteiger partial charge in [0.15, 0.2) is 10.9 Å². The van der Waals surface area contributed by atoms with Gasteiger partial charge in [-0.25, -0.2) is 4.79 Å². The second-order valence-electron chi connectivity index (χ2n) is 6.53. The van der Waals surface area contributed by atoms with Crippen molar-refractivity contribution in [3.63, 3.8) is 0 Å². The molecule has 0 amide bonds. The Hall–Kier alpha value is -2.93. The van der Waals surface area contributed by atoms with Gasteiger partial charge in [0.2, 0.25) is 11.6 Å². The first kappa shape index (κ1) is 20.3. The minimum Gasteiger partial charge on any atom is -0.434 e. The molecular formula is C18H11Cl3N6O3. The fourth-order valence-electron chi connectivity index (χ4n) is 2.95. The Morgan fingerprint density at radius 1 is 1.13 bits per heavy atom. The molecule has 0 radical (unpaired) electrons. The lowest BCUT2D eigenvalue weighted by Crippen LogP contribution is -2.33. The van der Waals surface area contributed by atoms with Crippen molar-refractivity contribution in [2.24, 2.45) is 0 Å². The number of benzene rings is 1. The zero-order chi connectivity index (χ0) is 21.4. The van der Waals surface area contributed by atoms with Crippen LogP contribution in [0.25, 0.3) is 5.69 Å². The predicted molar refractivity (Wildman–Crippen MR) is 109 cm³/mol. The molecule has 30 heavy (non-hydrogen) atoms. The van der Waals surface area contributed by atoms with Crippen molar-refractivity contribution in [1.82, 2.24) is 25.0 Å². The quantitative estimate of drug-likeness (QED) is 0.623. The minimum absolute atomic E-state index is 0.0536. The number of aromatic amines is 1. The third kappa shape index (κ3) is 3.77. The summed E-state index contributed by atoms with van der Waals surface area (Å²) in [5.74, 6) is 0.580. The molecule has 152 valence electrons. The van der Waals surface area contributed by atoms with Crippen molar-refractivity contribution < 1.29 is 4.74 Å². The molecule has 9 nitrogen and oxygen atoms in total. The topological polar surface area (TPSA) is 127 Å². The maximum Gasteiger partial charge on any atom is 0.349 e. The average molecular weight is 466 g/mol. The second-order valence-corrected chi connectivity index (χ2v) is 7.70. The number of hydrogen-bond donors (Lipinski definition) is 1. The highest BCUT2D eigenvalue weighted by molar-refractivity contribution is 6.37. The predicted octanol–water partition coefficient (Wildman–Crippen LogP) is 3.60. The molecular weight excluding hydrogens is 455 g/mol. The molecule has 1 aromatic carbocycles. The van der Waals surface area contributed by atoms with Crippen molar-refractivity contribution in [1.29, 1.82) is 5.26 Å². The lowest BCUT2D eigenvalue weighted by molar-refractivity contribution is 0.410. The van der Waals surface area contributed by atoms with Gasteiger partial charge < -0.3 is 4.74 Å². The highest BCUT2D eigenvalue weighted by atomic mass is 35.5. The van der Waals surface area contributed by atoms with Gasteiger partial charge in [-0.3, -0.25) is 9.78 Å². The fourth-order valence-corrected chi connectivity index (χ4v) is 3.75. The van der Waals surface area contributed by atoms with Gasteiger partial charge in [0.25, 0.3) is 5.56 Å². The minimum atomic E-state index is -0.889. The van der Waals surface area contributed by atoms with E-state index in [0.717, 1.165) is 29.5 Å². The Labute approximate surface area is 183 Å². The molecule has 1 saturated carbocycles. The number of aromatic nitrogens is 5. The van der Waals surface area contributed by atoms with Crippen LogP contribution in [0.2, 0.25) is 15.2 Å². The van der Waals surface area contributed by atoms with Crippen molar-refractivity contribution in [3.05, 3.63) is 65.5 Å². The van der Waals surface area contributed by atoms with E-state index in [9.17, 15) is 9.59 Å². The van der Waals surface area contributed by atoms with Crippen LogP contribution in [0.15, 0.2) is 27.8 Å². The normalized spacial score (nSPS) is 13.5. The zero-order valence-electron chi connectivity index (χ0n) is 15.0. The number of nitrogens with zero attached hydrogens (tertiary/aromatic N) is 5. The van der Waals surface area contributed by atoms with Crippen LogP contribution in [-0.4, -0.2) is 25.0 Å². The number of hydrogen-bond acceptors (Lipinski definition) is 7. The number of nitriles is 1. The van der Waals surface area contributed by atoms with Gasteiger partial charge in [0.05, 0.1) is 15.7 Å². The molecule has 0 spiro atoms. The van der Waals surface area contributed by atoms with E-state index in [4.69, 9.17) is 44.8 Å². The lowest BCUT2D eigenvalue weighted by Gasteiger charge is -2.26. The van der Waals surface area contributed by atoms with Gasteiger partial charge in [-0.05, 0) is 36.5 Å². The van der Waals surface area contributed by atoms with Gasteiger partial charge >= 0.3 is 5.69 Å². The molecule has 0 unspecified atom stereocenters. The number of H-pyrrole nitrogens is 1. The van der Waals surface area contributed by atoms with Crippen LogP contribution in [-0.2, 0) is 0 Å². The highest BCUT2D eigenvalue weighted by Crippen LogP contribution is 2.42. The van der Waals surface area contributed by atoms with Crippen LogP contribution < -0.4 is 16.0 Å². The molecule has 1 N–H and O–H groups in total. The van der Waals surface area contributed by atoms with E-state index >= 15 is 0 Å². The highest BCUT2D eigenvalue weighted by Gasteiger charge is 2.24. The van der Waals surface area contributed by atoms with Crippen molar-refractivity contribution in [3.8, 4) is 23.4 Å². The maximum absolute atomic E-state index is 12.1. The van der Waals surface area contributed by atoms with Gasteiger partial charge in [-0.15, -0.1) is 15.3 Å². The Kier molecular flexibility index (Phi) is 5.47. The molecule has 0 aliphatic heterocycles. The maximum atomic E-state index is 12.1. The fraction of sp³-hybridized carbons (Fsp3) is 0.222. The lowest BCUT2D eigenvalue weighted by atomic mass is 9.81. The smallest absolute Gasteiger partial charge is 0.349 e. The number of halogens is 3. The summed E-state index contributed by atoms with van der Waals surface area (Å²) in [5.41, 5.74) is -1.24. The first-order chi connectivity index (χ1) is 14.4. The Bertz CT molecular complexity index is 1290. The monoisotopic (exact) mass is 464 g/mol. The van der Waals surface area contributed by atoms with Crippen LogP contribution in [0.5, 0.6) is 11.6 Å². The van der Waals surface area contributed by atoms with Gasteiger partial charge in [-0.2, -0.15) is 9.94 Å². The molecule has 1 aliphatic rings. The molecule has 2 aromatic heterocycles. The molecule has 2 heterocycles. The molecule has 1 fully saturated rings. The van der Waals surface area contributed by atoms with E-state index in [1.54, 1.807) is 12.1 Å².